The summed E-state index contributed by atoms with van der Waals surface area (Å²) in [6, 6.07) is 22.0. The van der Waals surface area contributed by atoms with Gasteiger partial charge in [0.25, 0.3) is 5.91 Å². The molecule has 24 heavy (non-hydrogen) atoms. The van der Waals surface area contributed by atoms with Crippen molar-refractivity contribution in [1.29, 1.82) is 0 Å². The van der Waals surface area contributed by atoms with Crippen LogP contribution < -0.4 is 10.2 Å². The Hall–Kier alpha value is -3.47. The molecule has 2 aromatic carbocycles. The molecule has 5 nitrogen and oxygen atoms in total. The van der Waals surface area contributed by atoms with Crippen molar-refractivity contribution < 1.29 is 9.53 Å². The van der Waals surface area contributed by atoms with Crippen molar-refractivity contribution in [1.82, 2.24) is 10.4 Å². The van der Waals surface area contributed by atoms with Gasteiger partial charge in [-0.05, 0) is 29.8 Å². The highest BCUT2D eigenvalue weighted by molar-refractivity contribution is 5.96. The van der Waals surface area contributed by atoms with Crippen LogP contribution in [-0.2, 0) is 0 Å². The van der Waals surface area contributed by atoms with Crippen LogP contribution in [0.25, 0.3) is 0 Å². The van der Waals surface area contributed by atoms with Crippen LogP contribution in [0.4, 0.5) is 0 Å². The second-order valence-corrected chi connectivity index (χ2v) is 4.88. The normalized spacial score (nSPS) is 10.5. The van der Waals surface area contributed by atoms with Gasteiger partial charge in [-0.2, -0.15) is 5.10 Å². The summed E-state index contributed by atoms with van der Waals surface area (Å²) < 4.78 is 5.67. The predicted molar refractivity (Wildman–Crippen MR) is 92.3 cm³/mol. The maximum Gasteiger partial charge on any atom is 0.276 e. The SMILES string of the molecule is O=C(NN=Cc1ccccc1)c1cccnc1Oc1ccccc1. The zero-order chi connectivity index (χ0) is 16.6. The first-order valence-corrected chi connectivity index (χ1v) is 7.39. The van der Waals surface area contributed by atoms with Crippen LogP contribution >= 0.6 is 0 Å². The lowest BCUT2D eigenvalue weighted by Crippen LogP contribution is -2.18. The van der Waals surface area contributed by atoms with E-state index in [0.717, 1.165) is 5.56 Å². The third-order valence-electron chi connectivity index (χ3n) is 3.15. The lowest BCUT2D eigenvalue weighted by atomic mass is 10.2. The highest BCUT2D eigenvalue weighted by Crippen LogP contribution is 2.22. The van der Waals surface area contributed by atoms with Crippen LogP contribution in [-0.4, -0.2) is 17.1 Å². The number of benzene rings is 2. The molecule has 5 heteroatoms. The Morgan fingerprint density at radius 1 is 0.958 bits per heavy atom. The molecule has 3 rings (SSSR count). The van der Waals surface area contributed by atoms with E-state index in [1.807, 2.05) is 48.5 Å². The Kier molecular flexibility index (Phi) is 4.94. The number of nitrogens with zero attached hydrogens (tertiary/aromatic N) is 2. The highest BCUT2D eigenvalue weighted by Gasteiger charge is 2.13. The molecule has 0 aliphatic carbocycles. The number of pyridine rings is 1. The van der Waals surface area contributed by atoms with Crippen LogP contribution in [0.15, 0.2) is 84.1 Å². The summed E-state index contributed by atoms with van der Waals surface area (Å²) >= 11 is 0. The maximum absolute atomic E-state index is 12.3. The van der Waals surface area contributed by atoms with Gasteiger partial charge in [0.1, 0.15) is 11.3 Å². The van der Waals surface area contributed by atoms with E-state index in [1.165, 1.54) is 0 Å². The number of hydrazone groups is 1. The van der Waals surface area contributed by atoms with Gasteiger partial charge in [-0.15, -0.1) is 0 Å². The molecule has 0 saturated carbocycles. The summed E-state index contributed by atoms with van der Waals surface area (Å²) in [5.41, 5.74) is 3.69. The van der Waals surface area contributed by atoms with E-state index >= 15 is 0 Å². The molecule has 0 spiro atoms. The topological polar surface area (TPSA) is 63.6 Å². The number of nitrogens with one attached hydrogen (secondary N) is 1. The quantitative estimate of drug-likeness (QED) is 0.577. The van der Waals surface area contributed by atoms with Gasteiger partial charge in [0.15, 0.2) is 0 Å². The number of aromatic nitrogens is 1. The van der Waals surface area contributed by atoms with Crippen molar-refractivity contribution in [3.8, 4) is 11.6 Å². The van der Waals surface area contributed by atoms with E-state index in [0.29, 0.717) is 11.3 Å². The average molecular weight is 317 g/mol. The van der Waals surface area contributed by atoms with Gasteiger partial charge in [-0.3, -0.25) is 4.79 Å². The number of carbonyl (C=O) groups excluding carboxylic acids is 1. The number of hydrogen-bond acceptors (Lipinski definition) is 4. The van der Waals surface area contributed by atoms with Crippen molar-refractivity contribution in [3.05, 3.63) is 90.1 Å². The number of carbonyl (C=O) groups is 1. The Labute approximate surface area is 139 Å². The Bertz CT molecular complexity index is 834. The molecule has 0 bridgehead atoms. The minimum atomic E-state index is -0.388. The summed E-state index contributed by atoms with van der Waals surface area (Å²) in [7, 11) is 0. The molecule has 0 unspecified atom stereocenters. The van der Waals surface area contributed by atoms with Gasteiger partial charge in [-0.1, -0.05) is 48.5 Å². The van der Waals surface area contributed by atoms with E-state index < -0.39 is 0 Å². The first kappa shape index (κ1) is 15.4. The average Bonchev–Trinajstić information content (AvgIpc) is 2.64. The van der Waals surface area contributed by atoms with E-state index in [2.05, 4.69) is 15.5 Å². The van der Waals surface area contributed by atoms with Gasteiger partial charge < -0.3 is 4.74 Å². The molecule has 1 heterocycles. The van der Waals surface area contributed by atoms with E-state index in [1.54, 1.807) is 36.7 Å². The van der Waals surface area contributed by atoms with E-state index in [4.69, 9.17) is 4.74 Å². The standard InChI is InChI=1S/C19H15N3O2/c23-18(22-21-14-15-8-3-1-4-9-15)17-12-7-13-20-19(17)24-16-10-5-2-6-11-16/h1-14H,(H,22,23). The van der Waals surface area contributed by atoms with Crippen LogP contribution in [0.5, 0.6) is 11.6 Å². The van der Waals surface area contributed by atoms with Gasteiger partial charge in [0, 0.05) is 6.20 Å². The molecular weight excluding hydrogens is 302 g/mol. The smallest absolute Gasteiger partial charge is 0.276 e. The molecule has 0 fully saturated rings. The minimum absolute atomic E-state index is 0.233. The predicted octanol–water partition coefficient (Wildman–Crippen LogP) is 3.64. The van der Waals surface area contributed by atoms with Crippen LogP contribution in [0, 0.1) is 0 Å². The molecule has 3 aromatic rings. The fourth-order valence-corrected chi connectivity index (χ4v) is 2.01. The zero-order valence-electron chi connectivity index (χ0n) is 12.8. The number of hydrogen-bond donors (Lipinski definition) is 1. The largest absolute Gasteiger partial charge is 0.438 e. The summed E-state index contributed by atoms with van der Waals surface area (Å²) in [6.45, 7) is 0. The molecule has 1 aromatic heterocycles. The lowest BCUT2D eigenvalue weighted by Gasteiger charge is -2.08. The number of amides is 1. The molecule has 118 valence electrons. The fourth-order valence-electron chi connectivity index (χ4n) is 2.01. The van der Waals surface area contributed by atoms with Crippen molar-refractivity contribution in [2.24, 2.45) is 5.10 Å². The van der Waals surface area contributed by atoms with Crippen LogP contribution in [0.3, 0.4) is 0 Å². The summed E-state index contributed by atoms with van der Waals surface area (Å²) in [5.74, 6) is 0.454. The van der Waals surface area contributed by atoms with E-state index in [-0.39, 0.29) is 11.8 Å². The number of rotatable bonds is 5. The Balaban J connectivity index is 1.72. The summed E-state index contributed by atoms with van der Waals surface area (Å²) in [6.07, 6.45) is 3.15. The van der Waals surface area contributed by atoms with Crippen LogP contribution in [0.2, 0.25) is 0 Å². The minimum Gasteiger partial charge on any atom is -0.438 e. The zero-order valence-corrected chi connectivity index (χ0v) is 12.8. The monoisotopic (exact) mass is 317 g/mol. The molecule has 0 atom stereocenters. The van der Waals surface area contributed by atoms with Gasteiger partial charge >= 0.3 is 0 Å². The van der Waals surface area contributed by atoms with E-state index in [9.17, 15) is 4.79 Å². The lowest BCUT2D eigenvalue weighted by molar-refractivity contribution is 0.0952. The molecular formula is C19H15N3O2. The molecule has 1 N–H and O–H groups in total. The molecule has 0 radical (unpaired) electrons. The summed E-state index contributed by atoms with van der Waals surface area (Å²) in [4.78, 5) is 16.4. The molecule has 0 aliphatic rings. The third kappa shape index (κ3) is 4.04. The van der Waals surface area contributed by atoms with Crippen molar-refractivity contribution in [3.63, 3.8) is 0 Å². The second-order valence-electron chi connectivity index (χ2n) is 4.88. The maximum atomic E-state index is 12.3. The van der Waals surface area contributed by atoms with Gasteiger partial charge in [0.05, 0.1) is 6.21 Å². The summed E-state index contributed by atoms with van der Waals surface area (Å²) in [5, 5.41) is 3.96. The molecule has 1 amide bonds. The fraction of sp³-hybridized carbons (Fsp3) is 0. The van der Waals surface area contributed by atoms with Crippen molar-refractivity contribution >= 4 is 12.1 Å². The Morgan fingerprint density at radius 2 is 1.67 bits per heavy atom. The molecule has 0 aliphatic heterocycles. The highest BCUT2D eigenvalue weighted by atomic mass is 16.5. The van der Waals surface area contributed by atoms with Crippen molar-refractivity contribution in [2.45, 2.75) is 0 Å². The van der Waals surface area contributed by atoms with Crippen LogP contribution in [0.1, 0.15) is 15.9 Å². The van der Waals surface area contributed by atoms with Gasteiger partial charge in [-0.25, -0.2) is 10.4 Å². The number of ether oxygens (including phenoxy) is 1. The first-order chi connectivity index (χ1) is 11.8. The second kappa shape index (κ2) is 7.69. The number of para-hydroxylation sites is 1. The molecule has 0 saturated heterocycles. The van der Waals surface area contributed by atoms with Crippen molar-refractivity contribution in [2.75, 3.05) is 0 Å². The first-order valence-electron chi connectivity index (χ1n) is 7.39. The van der Waals surface area contributed by atoms with Gasteiger partial charge in [0.2, 0.25) is 5.88 Å². The third-order valence-corrected chi connectivity index (χ3v) is 3.15. The Morgan fingerprint density at radius 3 is 2.42 bits per heavy atom.